The molecule has 2 aromatic rings. The summed E-state index contributed by atoms with van der Waals surface area (Å²) >= 11 is 0. The van der Waals surface area contributed by atoms with Crippen LogP contribution in [0.2, 0.25) is 0 Å². The molecule has 5 rings (SSSR count). The number of aliphatic hydroxyl groups is 1. The number of carbonyl (C=O) groups is 2. The Labute approximate surface area is 204 Å². The van der Waals surface area contributed by atoms with Gasteiger partial charge in [-0.2, -0.15) is 0 Å². The SMILES string of the molecule is O=C(C[C@H]1C[C@@H]2c3cc(NC(=O)C4CCOCC4)ccc3O[C@@H]2[C@@H](CO)O1)NCc1ccccn1. The number of anilines is 1. The van der Waals surface area contributed by atoms with Crippen molar-refractivity contribution in [3.05, 3.63) is 53.9 Å². The van der Waals surface area contributed by atoms with Gasteiger partial charge in [0.1, 0.15) is 18.0 Å². The van der Waals surface area contributed by atoms with E-state index in [0.29, 0.717) is 26.2 Å². The Morgan fingerprint density at radius 2 is 2.00 bits per heavy atom. The molecule has 2 saturated heterocycles. The van der Waals surface area contributed by atoms with Gasteiger partial charge in [-0.05, 0) is 49.6 Å². The normalized spacial score (nSPS) is 25.7. The molecule has 4 heterocycles. The van der Waals surface area contributed by atoms with Gasteiger partial charge in [-0.1, -0.05) is 6.07 Å². The molecule has 4 atom stereocenters. The monoisotopic (exact) mass is 481 g/mol. The predicted octanol–water partition coefficient (Wildman–Crippen LogP) is 2.15. The van der Waals surface area contributed by atoms with Crippen molar-refractivity contribution >= 4 is 17.5 Å². The molecule has 3 aliphatic rings. The second-order valence-electron chi connectivity index (χ2n) is 9.33. The van der Waals surface area contributed by atoms with Gasteiger partial charge in [0.2, 0.25) is 11.8 Å². The lowest BCUT2D eigenvalue weighted by molar-refractivity contribution is -0.142. The number of hydrogen-bond donors (Lipinski definition) is 3. The number of ether oxygens (including phenoxy) is 3. The van der Waals surface area contributed by atoms with Crippen LogP contribution in [-0.4, -0.2) is 60.0 Å². The molecule has 2 amide bonds. The van der Waals surface area contributed by atoms with Gasteiger partial charge in [0.15, 0.2) is 0 Å². The van der Waals surface area contributed by atoms with Gasteiger partial charge in [0, 0.05) is 42.5 Å². The number of rotatable bonds is 7. The molecule has 0 spiro atoms. The van der Waals surface area contributed by atoms with Gasteiger partial charge in [-0.25, -0.2) is 0 Å². The third kappa shape index (κ3) is 5.47. The van der Waals surface area contributed by atoms with Crippen molar-refractivity contribution in [2.75, 3.05) is 25.1 Å². The van der Waals surface area contributed by atoms with Gasteiger partial charge in [0.05, 0.1) is 31.4 Å². The summed E-state index contributed by atoms with van der Waals surface area (Å²) in [5.74, 6) is 0.520. The fourth-order valence-corrected chi connectivity index (χ4v) is 5.14. The average Bonchev–Trinajstić information content (AvgIpc) is 3.26. The van der Waals surface area contributed by atoms with Crippen LogP contribution in [0.5, 0.6) is 5.75 Å². The molecule has 0 bridgehead atoms. The highest BCUT2D eigenvalue weighted by Crippen LogP contribution is 2.47. The number of benzene rings is 1. The van der Waals surface area contributed by atoms with E-state index in [-0.39, 0.29) is 48.9 Å². The number of pyridine rings is 1. The number of aliphatic hydroxyl groups excluding tert-OH is 1. The number of amides is 2. The Balaban J connectivity index is 1.24. The van der Waals surface area contributed by atoms with Crippen LogP contribution in [0.25, 0.3) is 0 Å². The highest BCUT2D eigenvalue weighted by molar-refractivity contribution is 5.92. The largest absolute Gasteiger partial charge is 0.487 e. The molecule has 186 valence electrons. The summed E-state index contributed by atoms with van der Waals surface area (Å²) in [6.45, 7) is 1.37. The quantitative estimate of drug-likeness (QED) is 0.554. The minimum atomic E-state index is -0.532. The Kier molecular flexibility index (Phi) is 7.26. The van der Waals surface area contributed by atoms with Crippen molar-refractivity contribution in [3.8, 4) is 5.75 Å². The standard InChI is InChI=1S/C26H31N3O6/c30-15-23-25-21(12-19(34-23)13-24(31)28-14-18-3-1-2-8-27-18)20-11-17(4-5-22(20)35-25)29-26(32)16-6-9-33-10-7-16/h1-5,8,11,16,19,21,23,25,30H,6-7,9-10,12-15H2,(H,28,31)(H,29,32)/t19-,21-,23-,25+/m1/s1. The molecular weight excluding hydrogens is 450 g/mol. The van der Waals surface area contributed by atoms with E-state index >= 15 is 0 Å². The van der Waals surface area contributed by atoms with Gasteiger partial charge >= 0.3 is 0 Å². The van der Waals surface area contributed by atoms with Crippen LogP contribution in [0.15, 0.2) is 42.6 Å². The van der Waals surface area contributed by atoms with E-state index in [1.165, 1.54) is 0 Å². The summed E-state index contributed by atoms with van der Waals surface area (Å²) in [6, 6.07) is 11.2. The van der Waals surface area contributed by atoms with E-state index in [0.717, 1.165) is 35.5 Å². The van der Waals surface area contributed by atoms with Crippen LogP contribution in [0, 0.1) is 5.92 Å². The first-order valence-electron chi connectivity index (χ1n) is 12.2. The summed E-state index contributed by atoms with van der Waals surface area (Å²) in [7, 11) is 0. The first-order valence-corrected chi connectivity index (χ1v) is 12.2. The van der Waals surface area contributed by atoms with Gasteiger partial charge in [-0.3, -0.25) is 14.6 Å². The number of nitrogens with zero attached hydrogens (tertiary/aromatic N) is 1. The van der Waals surface area contributed by atoms with Crippen LogP contribution in [0.1, 0.15) is 42.9 Å². The minimum absolute atomic E-state index is 0.00591. The number of hydrogen-bond acceptors (Lipinski definition) is 7. The average molecular weight is 482 g/mol. The number of carbonyl (C=O) groups excluding carboxylic acids is 2. The molecule has 0 saturated carbocycles. The molecule has 9 nitrogen and oxygen atoms in total. The third-order valence-electron chi connectivity index (χ3n) is 6.96. The first kappa shape index (κ1) is 23.7. The van der Waals surface area contributed by atoms with Crippen molar-refractivity contribution in [2.45, 2.75) is 56.5 Å². The van der Waals surface area contributed by atoms with Crippen molar-refractivity contribution < 1.29 is 28.9 Å². The van der Waals surface area contributed by atoms with Crippen molar-refractivity contribution in [2.24, 2.45) is 5.92 Å². The first-order chi connectivity index (χ1) is 17.1. The molecule has 0 aliphatic carbocycles. The lowest BCUT2D eigenvalue weighted by Crippen LogP contribution is -2.47. The maximum absolute atomic E-state index is 12.7. The van der Waals surface area contributed by atoms with E-state index in [4.69, 9.17) is 14.2 Å². The summed E-state index contributed by atoms with van der Waals surface area (Å²) < 4.78 is 17.5. The molecule has 2 fully saturated rings. The molecule has 0 radical (unpaired) electrons. The summed E-state index contributed by atoms with van der Waals surface area (Å²) in [5, 5.41) is 15.9. The van der Waals surface area contributed by atoms with Crippen molar-refractivity contribution in [1.29, 1.82) is 0 Å². The lowest BCUT2D eigenvalue weighted by atomic mass is 9.84. The Morgan fingerprint density at radius 1 is 1.14 bits per heavy atom. The number of aromatic nitrogens is 1. The Bertz CT molecular complexity index is 1040. The second-order valence-corrected chi connectivity index (χ2v) is 9.33. The van der Waals surface area contributed by atoms with Gasteiger partial charge in [-0.15, -0.1) is 0 Å². The van der Waals surface area contributed by atoms with Crippen LogP contribution < -0.4 is 15.4 Å². The van der Waals surface area contributed by atoms with Crippen molar-refractivity contribution in [1.82, 2.24) is 10.3 Å². The molecule has 3 aliphatic heterocycles. The Hall–Kier alpha value is -3.01. The summed E-state index contributed by atoms with van der Waals surface area (Å²) in [4.78, 5) is 29.5. The van der Waals surface area contributed by atoms with E-state index < -0.39 is 6.10 Å². The van der Waals surface area contributed by atoms with Crippen molar-refractivity contribution in [3.63, 3.8) is 0 Å². The topological polar surface area (TPSA) is 119 Å². The van der Waals surface area contributed by atoms with E-state index in [9.17, 15) is 14.7 Å². The van der Waals surface area contributed by atoms with Crippen LogP contribution >= 0.6 is 0 Å². The highest BCUT2D eigenvalue weighted by atomic mass is 16.6. The molecule has 3 N–H and O–H groups in total. The van der Waals surface area contributed by atoms with E-state index in [2.05, 4.69) is 15.6 Å². The summed E-state index contributed by atoms with van der Waals surface area (Å²) in [6.07, 6.45) is 2.69. The number of nitrogens with one attached hydrogen (secondary N) is 2. The fraction of sp³-hybridized carbons (Fsp3) is 0.500. The molecule has 0 unspecified atom stereocenters. The van der Waals surface area contributed by atoms with Gasteiger partial charge < -0.3 is 30.0 Å². The fourth-order valence-electron chi connectivity index (χ4n) is 5.14. The second kappa shape index (κ2) is 10.7. The maximum atomic E-state index is 12.7. The minimum Gasteiger partial charge on any atom is -0.487 e. The lowest BCUT2D eigenvalue weighted by Gasteiger charge is -2.37. The zero-order valence-corrected chi connectivity index (χ0v) is 19.5. The van der Waals surface area contributed by atoms with Crippen LogP contribution in [0.3, 0.4) is 0 Å². The highest BCUT2D eigenvalue weighted by Gasteiger charge is 2.46. The third-order valence-corrected chi connectivity index (χ3v) is 6.96. The zero-order chi connectivity index (χ0) is 24.2. The molecule has 9 heteroatoms. The molecule has 35 heavy (non-hydrogen) atoms. The summed E-state index contributed by atoms with van der Waals surface area (Å²) in [5.41, 5.74) is 2.48. The predicted molar refractivity (Wildman–Crippen MR) is 127 cm³/mol. The Morgan fingerprint density at radius 3 is 2.77 bits per heavy atom. The molecular formula is C26H31N3O6. The smallest absolute Gasteiger partial charge is 0.227 e. The van der Waals surface area contributed by atoms with Crippen LogP contribution in [0.4, 0.5) is 5.69 Å². The van der Waals surface area contributed by atoms with Crippen LogP contribution in [-0.2, 0) is 25.6 Å². The van der Waals surface area contributed by atoms with Gasteiger partial charge in [0.25, 0.3) is 0 Å². The van der Waals surface area contributed by atoms with E-state index in [1.54, 1.807) is 6.20 Å². The molecule has 1 aromatic heterocycles. The zero-order valence-electron chi connectivity index (χ0n) is 19.5. The van der Waals surface area contributed by atoms with E-state index in [1.807, 2.05) is 36.4 Å². The maximum Gasteiger partial charge on any atom is 0.227 e. The molecule has 1 aromatic carbocycles. The number of fused-ring (bicyclic) bond motifs is 3.